The maximum atomic E-state index is 15.6. The Morgan fingerprint density at radius 1 is 0.900 bits per heavy atom. The number of sulfonamides is 1. The Kier molecular flexibility index (Phi) is 16.7. The topological polar surface area (TPSA) is 312 Å². The van der Waals surface area contributed by atoms with Crippen molar-refractivity contribution in [3.8, 4) is 23.0 Å². The van der Waals surface area contributed by atoms with Crippen LogP contribution in [0, 0.1) is 29.4 Å². The summed E-state index contributed by atoms with van der Waals surface area (Å²) in [5.41, 5.74) is -6.92. The predicted octanol–water partition coefficient (Wildman–Crippen LogP) is 6.35. The number of hydrogen-bond acceptors (Lipinski definition) is 13. The normalized spacial score (nSPS) is 16.9. The Balaban J connectivity index is 1.47. The maximum Gasteiger partial charge on any atom is 0.469 e. The molecular weight excluding hydrogens is 1200 g/mol. The zero-order chi connectivity index (χ0) is 59.8. The summed E-state index contributed by atoms with van der Waals surface area (Å²) in [6, 6.07) is -0.0858. The highest BCUT2D eigenvalue weighted by Gasteiger charge is 2.68. The quantitative estimate of drug-likeness (QED) is 0.0316. The third-order valence-corrected chi connectivity index (χ3v) is 16.5. The van der Waals surface area contributed by atoms with Gasteiger partial charge in [-0.1, -0.05) is 23.6 Å². The minimum atomic E-state index is -5.46. The summed E-state index contributed by atoms with van der Waals surface area (Å²) in [6.45, 7) is -3.92. The number of nitrogens with one attached hydrogen (secondary N) is 2. The highest BCUT2D eigenvalue weighted by Crippen LogP contribution is 2.68. The minimum absolute atomic E-state index is 0.0749. The number of phosphoric ester groups is 2. The van der Waals surface area contributed by atoms with Crippen LogP contribution in [0.2, 0.25) is 5.02 Å². The molecule has 3 amide bonds. The number of amides is 3. The zero-order valence-corrected chi connectivity index (χ0v) is 45.2. The van der Waals surface area contributed by atoms with Crippen molar-refractivity contribution in [3.63, 3.8) is 0 Å². The lowest BCUT2D eigenvalue weighted by Gasteiger charge is -2.24. The minimum Gasteiger partial charge on any atom is -0.346 e. The number of rotatable bonds is 18. The van der Waals surface area contributed by atoms with Gasteiger partial charge < -0.3 is 30.2 Å². The number of hydrogen-bond donors (Lipinski definition) is 6. The van der Waals surface area contributed by atoms with Gasteiger partial charge in [-0.05, 0) is 74.4 Å². The Morgan fingerprint density at radius 3 is 2.02 bits per heavy atom. The van der Waals surface area contributed by atoms with E-state index in [1.165, 1.54) is 13.8 Å². The highest BCUT2D eigenvalue weighted by molar-refractivity contribution is 7.93. The lowest BCUT2D eigenvalue weighted by molar-refractivity contribution is -0.143. The van der Waals surface area contributed by atoms with Crippen LogP contribution in [-0.4, -0.2) is 116 Å². The second-order valence-corrected chi connectivity index (χ2v) is 26.0. The molecule has 3 aromatic heterocycles. The summed E-state index contributed by atoms with van der Waals surface area (Å²) in [5, 5.41) is 9.77. The van der Waals surface area contributed by atoms with E-state index in [0.717, 1.165) is 42.7 Å². The Labute approximate surface area is 450 Å². The monoisotopic (exact) mass is 1240 g/mol. The van der Waals surface area contributed by atoms with E-state index in [1.54, 1.807) is 0 Å². The van der Waals surface area contributed by atoms with E-state index in [2.05, 4.69) is 41.4 Å². The van der Waals surface area contributed by atoms with Crippen molar-refractivity contribution in [3.05, 3.63) is 93.0 Å². The molecule has 37 heteroatoms. The molecule has 3 heterocycles. The number of nitrogens with zero attached hydrogens (tertiary/aromatic N) is 6. The average Bonchev–Trinajstić information content (AvgIpc) is 4.06. The van der Waals surface area contributed by atoms with Gasteiger partial charge in [0.1, 0.15) is 40.9 Å². The molecule has 0 unspecified atom stereocenters. The molecule has 436 valence electrons. The van der Waals surface area contributed by atoms with E-state index in [-0.39, 0.29) is 25.7 Å². The van der Waals surface area contributed by atoms with Crippen molar-refractivity contribution in [2.75, 3.05) is 30.0 Å². The van der Waals surface area contributed by atoms with Crippen LogP contribution < -0.4 is 14.9 Å². The molecule has 2 aromatic carbocycles. The number of halogens is 11. The molecule has 5 aromatic rings. The molecule has 7 rings (SSSR count). The van der Waals surface area contributed by atoms with Crippen molar-refractivity contribution in [1.82, 2.24) is 35.2 Å². The summed E-state index contributed by atoms with van der Waals surface area (Å²) in [5.74, 6) is -6.86. The fourth-order valence-corrected chi connectivity index (χ4v) is 10.6. The third kappa shape index (κ3) is 13.9. The smallest absolute Gasteiger partial charge is 0.346 e. The van der Waals surface area contributed by atoms with Gasteiger partial charge in [0.15, 0.2) is 21.3 Å². The van der Waals surface area contributed by atoms with Crippen molar-refractivity contribution in [2.24, 2.45) is 5.92 Å². The average molecular weight is 1250 g/mol. The fraction of sp³-hybridized carbons (Fsp3) is 0.419. The number of sulfone groups is 1. The first-order valence-corrected chi connectivity index (χ1v) is 29.6. The molecule has 0 radical (unpaired) electrons. The van der Waals surface area contributed by atoms with Crippen LogP contribution in [0.5, 0.6) is 0 Å². The van der Waals surface area contributed by atoms with Crippen LogP contribution in [0.25, 0.3) is 22.0 Å². The van der Waals surface area contributed by atoms with Crippen LogP contribution in [0.15, 0.2) is 42.5 Å². The predicted molar refractivity (Wildman–Crippen MR) is 258 cm³/mol. The van der Waals surface area contributed by atoms with Crippen LogP contribution in [0.3, 0.4) is 0 Å². The molecular formula is C43H41ClF10N8O14P2S2. The molecule has 80 heavy (non-hydrogen) atoms. The first-order chi connectivity index (χ1) is 36.5. The zero-order valence-electron chi connectivity index (χ0n) is 41.0. The van der Waals surface area contributed by atoms with E-state index in [0.29, 0.717) is 12.3 Å². The number of fused-ring (bicyclic) bond motifs is 4. The molecule has 1 saturated carbocycles. The SMILES string of the molecule is CC(C)(C#Cc1ccc(-c2ccc(Cl)c3c(N(C(=O)NC(COP(=O)(O)O)COP(=O)(O)O)S(C)(=O)=O)nn(CC(F)(F)F)c23)c([C@H](Cc2cc(F)cc(F)c2)NC(=O)Cn2nc(C(F)(F)F)c3c2C(F)(F)[C@@H]2C[C@H]32)n1)S(C)(=O)=O. The number of carbonyl (C=O) groups excluding carboxylic acids is 2. The summed E-state index contributed by atoms with van der Waals surface area (Å²) < 4.78 is 230. The molecule has 6 N–H and O–H groups in total. The number of urea groups is 1. The van der Waals surface area contributed by atoms with Crippen LogP contribution >= 0.6 is 27.2 Å². The summed E-state index contributed by atoms with van der Waals surface area (Å²) in [4.78, 5) is 69.7. The summed E-state index contributed by atoms with van der Waals surface area (Å²) in [6.07, 6.45) is -10.6. The van der Waals surface area contributed by atoms with E-state index in [4.69, 9.17) is 11.6 Å². The second kappa shape index (κ2) is 21.6. The molecule has 0 saturated heterocycles. The first kappa shape index (κ1) is 61.9. The Bertz CT molecular complexity index is 3690. The Hall–Kier alpha value is -5.72. The van der Waals surface area contributed by atoms with E-state index in [1.807, 2.05) is 5.32 Å². The van der Waals surface area contributed by atoms with Crippen LogP contribution in [0.4, 0.5) is 54.5 Å². The molecule has 0 bridgehead atoms. The first-order valence-electron chi connectivity index (χ1n) is 22.5. The van der Waals surface area contributed by atoms with Gasteiger partial charge in [0.2, 0.25) is 15.9 Å². The van der Waals surface area contributed by atoms with Gasteiger partial charge in [0.25, 0.3) is 5.92 Å². The van der Waals surface area contributed by atoms with Crippen molar-refractivity contribution in [1.29, 1.82) is 0 Å². The second-order valence-electron chi connectivity index (χ2n) is 18.8. The number of carbonyl (C=O) groups is 2. The highest BCUT2D eigenvalue weighted by atomic mass is 35.5. The lowest BCUT2D eigenvalue weighted by Crippen LogP contribution is -2.50. The summed E-state index contributed by atoms with van der Waals surface area (Å²) in [7, 11) is -20.1. The van der Waals surface area contributed by atoms with Gasteiger partial charge in [0, 0.05) is 34.9 Å². The van der Waals surface area contributed by atoms with E-state index >= 15 is 8.78 Å². The number of pyridine rings is 1. The Morgan fingerprint density at radius 2 is 1.49 bits per heavy atom. The molecule has 2 aliphatic rings. The van der Waals surface area contributed by atoms with Gasteiger partial charge >= 0.3 is 34.0 Å². The van der Waals surface area contributed by atoms with Gasteiger partial charge in [-0.25, -0.2) is 44.5 Å². The molecule has 3 atom stereocenters. The number of aromatic nitrogens is 5. The molecule has 0 spiro atoms. The van der Waals surface area contributed by atoms with Gasteiger partial charge in [-0.15, -0.1) is 0 Å². The molecule has 2 aliphatic carbocycles. The maximum absolute atomic E-state index is 15.6. The molecule has 22 nitrogen and oxygen atoms in total. The van der Waals surface area contributed by atoms with Gasteiger partial charge in [-0.3, -0.25) is 23.2 Å². The van der Waals surface area contributed by atoms with Crippen LogP contribution in [-0.2, 0) is 74.4 Å². The largest absolute Gasteiger partial charge is 0.469 e. The standard InChI is InChI=1S/C43H41ClF10N8O14P2S2/c1-40(2,79(3,71)72)10-9-23-5-6-25(34(55-23)30(13-20-11-21(45)14-22(46)12-20)57-31(63)16-60-37-32(36(58-60)43(52,53)54)27-15-28(27)42(37,50)51)26-7-8-29(44)33-35(26)61(19-41(47,48)49)59-38(33)62(80(4,73)74)39(64)56-24(17-75-77(65,66)67)18-76-78(68,69)70/h5-8,11-12,14,24,27-28,30H,13,15-19H2,1-4H3,(H,56,64)(H,57,63)(H2,65,66,67)(H2,68,69,70)/t27-,28+,30-/m0/s1. The third-order valence-electron chi connectivity index (χ3n) is 12.2. The fourth-order valence-electron chi connectivity index (χ4n) is 8.54. The number of benzene rings is 2. The van der Waals surface area contributed by atoms with Gasteiger partial charge in [-0.2, -0.15) is 49.6 Å². The lowest BCUT2D eigenvalue weighted by atomic mass is 9.93. The molecule has 1 fully saturated rings. The number of phosphoric acid groups is 2. The van der Waals surface area contributed by atoms with Gasteiger partial charge in [0.05, 0.1) is 53.2 Å². The molecule has 0 aliphatic heterocycles. The van der Waals surface area contributed by atoms with Crippen molar-refractivity contribution >= 4 is 75.8 Å². The number of anilines is 1. The van der Waals surface area contributed by atoms with E-state index in [9.17, 15) is 90.3 Å². The summed E-state index contributed by atoms with van der Waals surface area (Å²) >= 11 is 6.60. The van der Waals surface area contributed by atoms with Crippen LogP contribution in [0.1, 0.15) is 66.1 Å². The van der Waals surface area contributed by atoms with Crippen molar-refractivity contribution < 1.29 is 108 Å². The number of alkyl halides is 8. The van der Waals surface area contributed by atoms with E-state index < -0.39 is 200 Å². The van der Waals surface area contributed by atoms with Crippen molar-refractivity contribution in [2.45, 2.75) is 80.8 Å².